The molecule has 0 aliphatic carbocycles. The molecule has 0 spiro atoms. The number of fused-ring (bicyclic) bond motifs is 1. The van der Waals surface area contributed by atoms with Crippen LogP contribution in [0.1, 0.15) is 16.7 Å². The average Bonchev–Trinajstić information content (AvgIpc) is 3.21. The molecule has 6 heteroatoms. The van der Waals surface area contributed by atoms with Crippen molar-refractivity contribution in [1.29, 1.82) is 0 Å². The van der Waals surface area contributed by atoms with Crippen LogP contribution in [0.3, 0.4) is 0 Å². The molecule has 1 aliphatic rings. The highest BCUT2D eigenvalue weighted by atomic mass is 32.2. The summed E-state index contributed by atoms with van der Waals surface area (Å²) in [7, 11) is -4.36. The predicted octanol–water partition coefficient (Wildman–Crippen LogP) is 6.26. The molecular weight excluding hydrogens is 451 g/mol. The molecule has 4 aromatic carbocycles. The minimum atomic E-state index is -4.36. The third-order valence-electron chi connectivity index (χ3n) is 6.11. The molecule has 5 rings (SSSR count). The van der Waals surface area contributed by atoms with Gasteiger partial charge in [0.15, 0.2) is 0 Å². The van der Waals surface area contributed by atoms with Gasteiger partial charge in [-0.15, -0.1) is 0 Å². The quantitative estimate of drug-likeness (QED) is 0.347. The van der Waals surface area contributed by atoms with E-state index in [1.165, 1.54) is 12.1 Å². The molecule has 1 aliphatic heterocycles. The first-order chi connectivity index (χ1) is 16.3. The Bertz CT molecular complexity index is 1480. The van der Waals surface area contributed by atoms with Crippen LogP contribution >= 0.6 is 0 Å². The van der Waals surface area contributed by atoms with E-state index >= 15 is 0 Å². The first-order valence-corrected chi connectivity index (χ1v) is 12.4. The van der Waals surface area contributed by atoms with Gasteiger partial charge < -0.3 is 4.74 Å². The van der Waals surface area contributed by atoms with Gasteiger partial charge in [0.25, 0.3) is 10.1 Å². The van der Waals surface area contributed by atoms with Crippen LogP contribution in [-0.4, -0.2) is 19.1 Å². The summed E-state index contributed by atoms with van der Waals surface area (Å²) < 4.78 is 54.6. The number of aryl methyl sites for hydroxylation is 1. The highest BCUT2D eigenvalue weighted by Gasteiger charge is 2.29. The fraction of sp³-hybridized carbons (Fsp3) is 0.143. The fourth-order valence-corrected chi connectivity index (χ4v) is 5.30. The zero-order valence-corrected chi connectivity index (χ0v) is 19.3. The van der Waals surface area contributed by atoms with E-state index < -0.39 is 10.1 Å². The molecule has 1 unspecified atom stereocenters. The summed E-state index contributed by atoms with van der Waals surface area (Å²) in [5.41, 5.74) is 5.40. The van der Waals surface area contributed by atoms with Gasteiger partial charge in [-0.2, -0.15) is 8.42 Å². The molecule has 0 aromatic heterocycles. The molecule has 0 saturated carbocycles. The van der Waals surface area contributed by atoms with Crippen LogP contribution in [0, 0.1) is 12.7 Å². The average molecular weight is 475 g/mol. The van der Waals surface area contributed by atoms with Crippen molar-refractivity contribution in [2.45, 2.75) is 30.8 Å². The van der Waals surface area contributed by atoms with E-state index in [2.05, 4.69) is 6.07 Å². The van der Waals surface area contributed by atoms with Crippen molar-refractivity contribution in [2.75, 3.05) is 0 Å². The Morgan fingerprint density at radius 3 is 2.38 bits per heavy atom. The summed E-state index contributed by atoms with van der Waals surface area (Å²) in [6.45, 7) is 1.87. The van der Waals surface area contributed by atoms with Gasteiger partial charge in [0, 0.05) is 24.0 Å². The van der Waals surface area contributed by atoms with Crippen molar-refractivity contribution in [3.63, 3.8) is 0 Å². The van der Waals surface area contributed by atoms with Gasteiger partial charge in [-0.25, -0.2) is 4.39 Å². The molecule has 34 heavy (non-hydrogen) atoms. The summed E-state index contributed by atoms with van der Waals surface area (Å²) in [6.07, 6.45) is 0.480. The summed E-state index contributed by atoms with van der Waals surface area (Å²) in [6, 6.07) is 25.3. The first-order valence-electron chi connectivity index (χ1n) is 11.0. The molecule has 4 nitrogen and oxygen atoms in total. The number of benzene rings is 4. The smallest absolute Gasteiger partial charge is 0.294 e. The summed E-state index contributed by atoms with van der Waals surface area (Å²) in [5.74, 6) is 0.269. The van der Waals surface area contributed by atoms with E-state index in [4.69, 9.17) is 4.74 Å². The fourth-order valence-electron chi connectivity index (χ4n) is 4.59. The van der Waals surface area contributed by atoms with Crippen LogP contribution in [-0.2, 0) is 23.0 Å². The van der Waals surface area contributed by atoms with Crippen molar-refractivity contribution in [1.82, 2.24) is 0 Å². The molecular formula is C28H23FO4S. The van der Waals surface area contributed by atoms with E-state index in [0.717, 1.165) is 22.3 Å². The predicted molar refractivity (Wildman–Crippen MR) is 130 cm³/mol. The Kier molecular flexibility index (Phi) is 5.71. The van der Waals surface area contributed by atoms with Crippen molar-refractivity contribution >= 4 is 10.1 Å². The summed E-state index contributed by atoms with van der Waals surface area (Å²) in [4.78, 5) is -0.114. The highest BCUT2D eigenvalue weighted by molar-refractivity contribution is 7.85. The molecule has 1 atom stereocenters. The number of hydrogen-bond acceptors (Lipinski definition) is 3. The molecule has 4 aromatic rings. The normalized spacial score (nSPS) is 15.1. The van der Waals surface area contributed by atoms with Crippen LogP contribution in [0.5, 0.6) is 5.75 Å². The lowest BCUT2D eigenvalue weighted by molar-refractivity contribution is 0.233. The Hall–Kier alpha value is -3.48. The second-order valence-corrected chi connectivity index (χ2v) is 9.98. The van der Waals surface area contributed by atoms with E-state index in [9.17, 15) is 17.4 Å². The number of hydrogen-bond donors (Lipinski definition) is 1. The highest BCUT2D eigenvalue weighted by Crippen LogP contribution is 2.43. The molecule has 0 amide bonds. The summed E-state index contributed by atoms with van der Waals surface area (Å²) >= 11 is 0. The Morgan fingerprint density at radius 2 is 1.65 bits per heavy atom. The van der Waals surface area contributed by atoms with E-state index in [1.54, 1.807) is 30.3 Å². The van der Waals surface area contributed by atoms with Crippen LogP contribution in [0.25, 0.3) is 22.3 Å². The van der Waals surface area contributed by atoms with Gasteiger partial charge in [0.1, 0.15) is 17.7 Å². The molecule has 1 heterocycles. The van der Waals surface area contributed by atoms with Gasteiger partial charge >= 0.3 is 0 Å². The second-order valence-electron chi connectivity index (χ2n) is 8.59. The zero-order chi connectivity index (χ0) is 23.9. The van der Waals surface area contributed by atoms with Crippen molar-refractivity contribution < 1.29 is 22.1 Å². The van der Waals surface area contributed by atoms with Gasteiger partial charge in [0.2, 0.25) is 0 Å². The Morgan fingerprint density at radius 1 is 0.912 bits per heavy atom. The maximum absolute atomic E-state index is 14.8. The van der Waals surface area contributed by atoms with E-state index in [-0.39, 0.29) is 16.8 Å². The minimum Gasteiger partial charge on any atom is -0.489 e. The number of ether oxygens (including phenoxy) is 1. The lowest BCUT2D eigenvalue weighted by Gasteiger charge is -2.16. The molecule has 0 fully saturated rings. The number of rotatable bonds is 5. The van der Waals surface area contributed by atoms with Crippen LogP contribution in [0.2, 0.25) is 0 Å². The Labute approximate surface area is 198 Å². The third kappa shape index (κ3) is 4.34. The molecule has 1 N–H and O–H groups in total. The van der Waals surface area contributed by atoms with Crippen LogP contribution in [0.4, 0.5) is 4.39 Å². The van der Waals surface area contributed by atoms with Gasteiger partial charge in [-0.05, 0) is 53.4 Å². The monoisotopic (exact) mass is 474 g/mol. The molecule has 0 saturated heterocycles. The van der Waals surface area contributed by atoms with Crippen LogP contribution in [0.15, 0.2) is 89.8 Å². The van der Waals surface area contributed by atoms with Crippen LogP contribution < -0.4 is 4.74 Å². The lowest BCUT2D eigenvalue weighted by Crippen LogP contribution is -2.18. The van der Waals surface area contributed by atoms with E-state index in [0.29, 0.717) is 35.3 Å². The maximum Gasteiger partial charge on any atom is 0.294 e. The first kappa shape index (κ1) is 22.3. The second kappa shape index (κ2) is 8.70. The van der Waals surface area contributed by atoms with Gasteiger partial charge in [0.05, 0.1) is 4.90 Å². The van der Waals surface area contributed by atoms with Crippen molar-refractivity contribution in [3.8, 4) is 28.0 Å². The maximum atomic E-state index is 14.8. The molecule has 0 bridgehead atoms. The third-order valence-corrected chi connectivity index (χ3v) is 7.06. The topological polar surface area (TPSA) is 63.6 Å². The van der Waals surface area contributed by atoms with E-state index in [1.807, 2.05) is 43.3 Å². The van der Waals surface area contributed by atoms with Gasteiger partial charge in [-0.3, -0.25) is 4.55 Å². The largest absolute Gasteiger partial charge is 0.489 e. The van der Waals surface area contributed by atoms with Crippen molar-refractivity contribution in [2.24, 2.45) is 0 Å². The minimum absolute atomic E-state index is 0.114. The Balaban J connectivity index is 1.57. The summed E-state index contributed by atoms with van der Waals surface area (Å²) in [5, 5.41) is 0. The SMILES string of the molecule is Cc1ccc(S(=O)(=O)O)c(CC2Cc3cc(-c4ccccc4)cc(-c4ccccc4F)c3O2)c1. The number of halogens is 1. The van der Waals surface area contributed by atoms with Gasteiger partial charge in [-0.1, -0.05) is 66.2 Å². The zero-order valence-electron chi connectivity index (χ0n) is 18.5. The molecule has 172 valence electrons. The lowest BCUT2D eigenvalue weighted by atomic mass is 9.93. The standard InChI is InChI=1S/C28H23FO4S/c1-18-11-12-27(34(30,31)32)21(13-18)15-23-16-22-14-20(19-7-3-2-4-8-19)17-25(28(22)33-23)24-9-5-6-10-26(24)29/h2-14,17,23H,15-16H2,1H3,(H,30,31,32). The van der Waals surface area contributed by atoms with Crippen molar-refractivity contribution in [3.05, 3.63) is 107 Å². The molecule has 0 radical (unpaired) electrons.